The molecule has 1 aliphatic rings. The number of rotatable bonds is 3. The van der Waals surface area contributed by atoms with Gasteiger partial charge in [0.15, 0.2) is 0 Å². The van der Waals surface area contributed by atoms with Gasteiger partial charge in [0.1, 0.15) is 0 Å². The summed E-state index contributed by atoms with van der Waals surface area (Å²) in [4.78, 5) is 4.64. The van der Waals surface area contributed by atoms with Crippen LogP contribution in [0.5, 0.6) is 0 Å². The minimum atomic E-state index is -0.505. The Morgan fingerprint density at radius 2 is 1.65 bits per heavy atom. The van der Waals surface area contributed by atoms with Crippen molar-refractivity contribution in [3.63, 3.8) is 0 Å². The zero-order valence-corrected chi connectivity index (χ0v) is 24.3. The monoisotopic (exact) mass is 695 g/mol. The molecular formula is C35H24N4Pt-2. The summed E-state index contributed by atoms with van der Waals surface area (Å²) < 4.78 is 6.33. The van der Waals surface area contributed by atoms with Gasteiger partial charge >= 0.3 is 0 Å². The van der Waals surface area contributed by atoms with E-state index in [2.05, 4.69) is 108 Å². The molecule has 4 heterocycles. The maximum absolute atomic E-state index is 4.64. The van der Waals surface area contributed by atoms with Crippen LogP contribution in [0.25, 0.3) is 44.4 Å². The normalized spacial score (nSPS) is 15.7. The van der Waals surface area contributed by atoms with Gasteiger partial charge in [-0.25, -0.2) is 0 Å². The van der Waals surface area contributed by atoms with Crippen LogP contribution < -0.4 is 4.57 Å². The number of aromatic nitrogens is 4. The molecular weight excluding hydrogens is 671 g/mol. The molecule has 4 nitrogen and oxygen atoms in total. The smallest absolute Gasteiger partial charge is 0.241 e. The predicted molar refractivity (Wildman–Crippen MR) is 153 cm³/mol. The van der Waals surface area contributed by atoms with Gasteiger partial charge in [-0.2, -0.15) is 29.8 Å². The van der Waals surface area contributed by atoms with Crippen molar-refractivity contribution < 1.29 is 25.6 Å². The number of nitrogens with zero attached hydrogens (tertiary/aromatic N) is 4. The zero-order chi connectivity index (χ0) is 26.1. The molecule has 40 heavy (non-hydrogen) atoms. The van der Waals surface area contributed by atoms with Crippen LogP contribution in [0.3, 0.4) is 0 Å². The molecule has 0 saturated carbocycles. The van der Waals surface area contributed by atoms with Crippen molar-refractivity contribution in [2.45, 2.75) is 12.3 Å². The van der Waals surface area contributed by atoms with Crippen molar-refractivity contribution in [2.24, 2.45) is 7.05 Å². The number of imidazole rings is 1. The van der Waals surface area contributed by atoms with Crippen LogP contribution in [0.2, 0.25) is 0 Å². The summed E-state index contributed by atoms with van der Waals surface area (Å²) in [6, 6.07) is 39.8. The van der Waals surface area contributed by atoms with Gasteiger partial charge in [-0.15, -0.1) is 23.8 Å². The van der Waals surface area contributed by atoms with Gasteiger partial charge in [-0.3, -0.25) is 0 Å². The van der Waals surface area contributed by atoms with Gasteiger partial charge in [0.05, 0.1) is 7.05 Å². The molecule has 0 radical (unpaired) electrons. The summed E-state index contributed by atoms with van der Waals surface area (Å²) in [5.74, 6) is 0. The number of fused-ring (bicyclic) bond motifs is 5. The molecule has 0 aliphatic carbocycles. The molecule has 0 fully saturated rings. The maximum Gasteiger partial charge on any atom is 0.241 e. The van der Waals surface area contributed by atoms with Crippen LogP contribution in [0.1, 0.15) is 23.6 Å². The minimum absolute atomic E-state index is 0. The predicted octanol–water partition coefficient (Wildman–Crippen LogP) is 6.53. The van der Waals surface area contributed by atoms with Gasteiger partial charge in [0, 0.05) is 66.9 Å². The molecule has 0 bridgehead atoms. The molecule has 1 unspecified atom stereocenters. The van der Waals surface area contributed by atoms with Gasteiger partial charge in [-0.1, -0.05) is 66.7 Å². The van der Waals surface area contributed by atoms with E-state index >= 15 is 0 Å². The van der Waals surface area contributed by atoms with E-state index in [1.54, 1.807) is 0 Å². The molecule has 5 heteroatoms. The van der Waals surface area contributed by atoms with Gasteiger partial charge in [0.25, 0.3) is 0 Å². The van der Waals surface area contributed by atoms with Gasteiger partial charge in [0.2, 0.25) is 6.33 Å². The number of aryl methyl sites for hydroxylation is 1. The fourth-order valence-corrected chi connectivity index (χ4v) is 6.24. The summed E-state index contributed by atoms with van der Waals surface area (Å²) in [5, 5.41) is 2.52. The Morgan fingerprint density at radius 3 is 2.48 bits per heavy atom. The molecule has 196 valence electrons. The molecule has 1 atom stereocenters. The summed E-state index contributed by atoms with van der Waals surface area (Å²) in [5.41, 5.74) is 9.37. The molecule has 0 amide bonds. The quantitative estimate of drug-likeness (QED) is 0.153. The third-order valence-corrected chi connectivity index (χ3v) is 8.12. The van der Waals surface area contributed by atoms with E-state index in [0.29, 0.717) is 0 Å². The van der Waals surface area contributed by atoms with Crippen molar-refractivity contribution in [3.8, 4) is 22.6 Å². The number of hydrogen-bond acceptors (Lipinski definition) is 1. The fraction of sp³-hybridized carbons (Fsp3) is 0.0857. The van der Waals surface area contributed by atoms with Crippen LogP contribution in [-0.2, 0) is 33.5 Å². The second-order valence-corrected chi connectivity index (χ2v) is 10.4. The second-order valence-electron chi connectivity index (χ2n) is 10.4. The fourth-order valence-electron chi connectivity index (χ4n) is 6.24. The summed E-state index contributed by atoms with van der Waals surface area (Å²) in [6.07, 6.45) is 9.16. The topological polar surface area (TPSA) is 26.6 Å². The van der Waals surface area contributed by atoms with Gasteiger partial charge < -0.3 is 18.7 Å². The van der Waals surface area contributed by atoms with Crippen molar-refractivity contribution in [1.82, 2.24) is 14.1 Å². The van der Waals surface area contributed by atoms with E-state index in [0.717, 1.165) is 33.8 Å². The van der Waals surface area contributed by atoms with E-state index in [4.69, 9.17) is 0 Å². The molecule has 3 aromatic heterocycles. The van der Waals surface area contributed by atoms with Crippen LogP contribution in [0.15, 0.2) is 110 Å². The standard InChI is InChI=1S/C35H24N4.Pt/c1-35(25-9-7-10-26(22-25)38-20-19-37(2)23-38)29-13-8-12-28-27-11-3-4-15-32(27)39(34(28)29)33-17-16-24(21-30(33)35)31-14-5-6-18-36-31;/h3-20H,1-2H3;/q-2;. The summed E-state index contributed by atoms with van der Waals surface area (Å²) in [6.45, 7) is 2.31. The van der Waals surface area contributed by atoms with Crippen molar-refractivity contribution in [3.05, 3.63) is 145 Å². The van der Waals surface area contributed by atoms with Crippen LogP contribution in [0, 0.1) is 18.5 Å². The Labute approximate surface area is 247 Å². The van der Waals surface area contributed by atoms with E-state index in [1.807, 2.05) is 53.0 Å². The van der Waals surface area contributed by atoms with Crippen molar-refractivity contribution >= 4 is 21.8 Å². The average molecular weight is 696 g/mol. The van der Waals surface area contributed by atoms with E-state index in [9.17, 15) is 0 Å². The van der Waals surface area contributed by atoms with E-state index in [-0.39, 0.29) is 21.1 Å². The molecule has 8 rings (SSSR count). The Hall–Kier alpha value is -4.27. The van der Waals surface area contributed by atoms with Crippen LogP contribution in [0.4, 0.5) is 0 Å². The molecule has 1 aliphatic heterocycles. The Balaban J connectivity index is 0.00000264. The van der Waals surface area contributed by atoms with Crippen LogP contribution >= 0.6 is 0 Å². The largest absolute Gasteiger partial charge is 0.350 e. The zero-order valence-electron chi connectivity index (χ0n) is 22.0. The van der Waals surface area contributed by atoms with E-state index in [1.165, 1.54) is 27.4 Å². The maximum atomic E-state index is 4.64. The number of hydrogen-bond donors (Lipinski definition) is 0. The van der Waals surface area contributed by atoms with Crippen LogP contribution in [-0.4, -0.2) is 14.1 Å². The first kappa shape index (κ1) is 24.7. The SMILES string of the molecule is C[n+]1[c-]n(-c2[c-]c(C3(C)c4[c-]c(-c5ccccn5)ccc4-n4c5ccccc5c5cccc3c54)ccc2)cc1.[Pt]. The number of para-hydroxylation sites is 2. The third-order valence-electron chi connectivity index (χ3n) is 8.12. The molecule has 0 N–H and O–H groups in total. The molecule has 0 saturated heterocycles. The first-order valence-electron chi connectivity index (χ1n) is 13.1. The van der Waals surface area contributed by atoms with Gasteiger partial charge in [-0.05, 0) is 29.1 Å². The minimum Gasteiger partial charge on any atom is -0.350 e. The number of benzene rings is 4. The Kier molecular flexibility index (Phi) is 5.66. The van der Waals surface area contributed by atoms with E-state index < -0.39 is 5.41 Å². The number of pyridine rings is 1. The molecule has 0 spiro atoms. The molecule has 4 aromatic carbocycles. The summed E-state index contributed by atoms with van der Waals surface area (Å²) in [7, 11) is 1.98. The first-order valence-corrected chi connectivity index (χ1v) is 13.1. The van der Waals surface area contributed by atoms with Crippen molar-refractivity contribution in [2.75, 3.05) is 0 Å². The second kappa shape index (κ2) is 9.14. The summed E-state index contributed by atoms with van der Waals surface area (Å²) >= 11 is 0. The Morgan fingerprint density at radius 1 is 0.825 bits per heavy atom. The average Bonchev–Trinajstić information content (AvgIpc) is 3.58. The first-order chi connectivity index (χ1) is 19.1. The molecule has 7 aromatic rings. The third kappa shape index (κ3) is 3.42. The Bertz CT molecular complexity index is 2050. The van der Waals surface area contributed by atoms with Crippen molar-refractivity contribution in [1.29, 1.82) is 0 Å².